The number of hydrogen-bond donors (Lipinski definition) is 1. The maximum Gasteiger partial charge on any atom is 0.340 e. The average Bonchev–Trinajstić information content (AvgIpc) is 3.35. The summed E-state index contributed by atoms with van der Waals surface area (Å²) >= 11 is 6.09. The Balaban J connectivity index is 1.28. The number of rotatable bonds is 5. The number of amides is 1. The summed E-state index contributed by atoms with van der Waals surface area (Å²) in [7, 11) is 0. The minimum absolute atomic E-state index is 0.0116. The van der Waals surface area contributed by atoms with Crippen molar-refractivity contribution in [2.75, 3.05) is 19.6 Å². The van der Waals surface area contributed by atoms with Gasteiger partial charge in [-0.3, -0.25) is 4.79 Å². The van der Waals surface area contributed by atoms with E-state index < -0.39 is 5.63 Å². The number of hydrogen-bond acceptors (Lipinski definition) is 5. The minimum Gasteiger partial charge on any atom is -0.463 e. The quantitative estimate of drug-likeness (QED) is 0.301. The van der Waals surface area contributed by atoms with Crippen molar-refractivity contribution >= 4 is 39.4 Å². The van der Waals surface area contributed by atoms with Crippen LogP contribution in [0.4, 0.5) is 0 Å². The summed E-state index contributed by atoms with van der Waals surface area (Å²) in [5.41, 5.74) is 4.59. The lowest BCUT2D eigenvalue weighted by Gasteiger charge is -2.44. The van der Waals surface area contributed by atoms with Gasteiger partial charge < -0.3 is 19.1 Å². The third-order valence-electron chi connectivity index (χ3n) is 8.62. The van der Waals surface area contributed by atoms with Gasteiger partial charge in [0.2, 0.25) is 5.91 Å². The highest BCUT2D eigenvalue weighted by Gasteiger charge is 2.33. The second kappa shape index (κ2) is 10.2. The maximum absolute atomic E-state index is 13.0. The zero-order valence-electron chi connectivity index (χ0n) is 21.9. The lowest BCUT2D eigenvalue weighted by molar-refractivity contribution is -0.120. The van der Waals surface area contributed by atoms with E-state index in [1.807, 2.05) is 44.2 Å². The third-order valence-corrected chi connectivity index (χ3v) is 8.88. The van der Waals surface area contributed by atoms with E-state index >= 15 is 0 Å². The van der Waals surface area contributed by atoms with Gasteiger partial charge in [-0.2, -0.15) is 0 Å². The highest BCUT2D eigenvalue weighted by molar-refractivity contribution is 6.30. The number of nitrogens with zero attached hydrogens (tertiary/aromatic N) is 1. The predicted octanol–water partition coefficient (Wildman–Crippen LogP) is 6.40. The van der Waals surface area contributed by atoms with E-state index in [1.165, 1.54) is 38.8 Å². The molecule has 2 aliphatic heterocycles. The van der Waals surface area contributed by atoms with Gasteiger partial charge in [-0.15, -0.1) is 0 Å². The van der Waals surface area contributed by atoms with Crippen LogP contribution in [-0.2, 0) is 11.2 Å². The second-order valence-corrected chi connectivity index (χ2v) is 11.3. The highest BCUT2D eigenvalue weighted by Crippen LogP contribution is 2.37. The molecule has 0 saturated carbocycles. The Kier molecular flexibility index (Phi) is 6.79. The van der Waals surface area contributed by atoms with Crippen molar-refractivity contribution < 1.29 is 13.6 Å². The summed E-state index contributed by atoms with van der Waals surface area (Å²) in [4.78, 5) is 28.7. The molecule has 38 heavy (non-hydrogen) atoms. The van der Waals surface area contributed by atoms with Crippen molar-refractivity contribution in [1.82, 2.24) is 10.2 Å². The summed E-state index contributed by atoms with van der Waals surface area (Å²) in [5.74, 6) is 0.348. The van der Waals surface area contributed by atoms with Crippen LogP contribution in [0.3, 0.4) is 0 Å². The van der Waals surface area contributed by atoms with Gasteiger partial charge in [0.15, 0.2) is 0 Å². The van der Waals surface area contributed by atoms with Crippen LogP contribution < -0.4 is 10.9 Å². The summed E-state index contributed by atoms with van der Waals surface area (Å²) in [6.07, 6.45) is 7.83. The predicted molar refractivity (Wildman–Crippen MR) is 151 cm³/mol. The first-order chi connectivity index (χ1) is 18.4. The van der Waals surface area contributed by atoms with Crippen LogP contribution in [0.2, 0.25) is 5.02 Å². The van der Waals surface area contributed by atoms with Crippen LogP contribution in [0.15, 0.2) is 50.2 Å². The zero-order chi connectivity index (χ0) is 26.4. The van der Waals surface area contributed by atoms with Gasteiger partial charge in [-0.25, -0.2) is 4.79 Å². The number of fused-ring (bicyclic) bond motifs is 3. The average molecular weight is 533 g/mol. The van der Waals surface area contributed by atoms with Crippen LogP contribution in [-0.4, -0.2) is 36.5 Å². The Morgan fingerprint density at radius 1 is 1.03 bits per heavy atom. The fourth-order valence-electron chi connectivity index (χ4n) is 6.54. The molecule has 0 aliphatic carbocycles. The molecule has 4 heterocycles. The van der Waals surface area contributed by atoms with Gasteiger partial charge in [0.25, 0.3) is 0 Å². The topological polar surface area (TPSA) is 75.7 Å². The summed E-state index contributed by atoms with van der Waals surface area (Å²) < 4.78 is 11.7. The lowest BCUT2D eigenvalue weighted by atomic mass is 9.83. The van der Waals surface area contributed by atoms with Crippen molar-refractivity contribution in [3.05, 3.63) is 68.7 Å². The number of furan rings is 1. The Morgan fingerprint density at radius 3 is 2.63 bits per heavy atom. The molecule has 0 spiro atoms. The molecule has 2 aromatic heterocycles. The number of piperidine rings is 2. The van der Waals surface area contributed by atoms with Gasteiger partial charge in [-0.1, -0.05) is 30.2 Å². The SMILES string of the molecule is Cc1c(CC(=O)NC[C@H]2CCCN3CCCC[C@@H]23)c(=O)oc2c(C)c3occ(-c4ccc(Cl)cc4)c3cc12. The van der Waals surface area contributed by atoms with Crippen LogP contribution in [0.5, 0.6) is 0 Å². The molecule has 6 nitrogen and oxygen atoms in total. The molecule has 0 bridgehead atoms. The molecule has 198 valence electrons. The molecule has 6 rings (SSSR count). The van der Waals surface area contributed by atoms with Crippen molar-refractivity contribution in [2.24, 2.45) is 5.92 Å². The first-order valence-corrected chi connectivity index (χ1v) is 14.0. The van der Waals surface area contributed by atoms with Crippen LogP contribution in [0, 0.1) is 19.8 Å². The molecule has 2 fully saturated rings. The van der Waals surface area contributed by atoms with E-state index in [2.05, 4.69) is 10.2 Å². The monoisotopic (exact) mass is 532 g/mol. The van der Waals surface area contributed by atoms with Gasteiger partial charge in [0, 0.05) is 39.5 Å². The van der Waals surface area contributed by atoms with Gasteiger partial charge >= 0.3 is 5.63 Å². The molecule has 2 saturated heterocycles. The number of aryl methyl sites for hydroxylation is 2. The molecule has 1 N–H and O–H groups in total. The first-order valence-electron chi connectivity index (χ1n) is 13.6. The second-order valence-electron chi connectivity index (χ2n) is 10.9. The Bertz CT molecular complexity index is 1570. The molecular weight excluding hydrogens is 500 g/mol. The van der Waals surface area contributed by atoms with E-state index in [0.29, 0.717) is 40.3 Å². The number of carbonyl (C=O) groups is 1. The first kappa shape index (κ1) is 25.2. The fourth-order valence-corrected chi connectivity index (χ4v) is 6.66. The van der Waals surface area contributed by atoms with E-state index in [1.54, 1.807) is 6.26 Å². The van der Waals surface area contributed by atoms with E-state index in [0.717, 1.165) is 39.4 Å². The standard InChI is InChI=1S/C31H33ClN2O4/c1-18-23-14-25-26(20-8-10-22(32)11-9-20)17-37-29(25)19(2)30(23)38-31(36)24(18)15-28(35)33-16-21-6-5-13-34-12-4-3-7-27(21)34/h8-11,14,17,21,27H,3-7,12-13,15-16H2,1-2H3,(H,33,35)/t21-,27+/m1/s1. The molecule has 0 unspecified atom stereocenters. The largest absolute Gasteiger partial charge is 0.463 e. The van der Waals surface area contributed by atoms with E-state index in [4.69, 9.17) is 20.4 Å². The number of nitrogens with one attached hydrogen (secondary N) is 1. The van der Waals surface area contributed by atoms with Gasteiger partial charge in [0.05, 0.1) is 18.2 Å². The maximum atomic E-state index is 13.0. The van der Waals surface area contributed by atoms with Crippen LogP contribution >= 0.6 is 11.6 Å². The molecule has 0 radical (unpaired) electrons. The van der Waals surface area contributed by atoms with Gasteiger partial charge in [0.1, 0.15) is 11.2 Å². The summed E-state index contributed by atoms with van der Waals surface area (Å²) in [6.45, 7) is 6.81. The number of halogens is 1. The van der Waals surface area contributed by atoms with Crippen molar-refractivity contribution in [3.8, 4) is 11.1 Å². The van der Waals surface area contributed by atoms with Crippen LogP contribution in [0.1, 0.15) is 48.8 Å². The van der Waals surface area contributed by atoms with Crippen LogP contribution in [0.25, 0.3) is 33.1 Å². The zero-order valence-corrected chi connectivity index (χ0v) is 22.7. The molecule has 2 atom stereocenters. The molecule has 7 heteroatoms. The molecule has 1 amide bonds. The van der Waals surface area contributed by atoms with Crippen molar-refractivity contribution in [1.29, 1.82) is 0 Å². The Labute approximate surface area is 226 Å². The Morgan fingerprint density at radius 2 is 1.82 bits per heavy atom. The molecule has 2 aliphatic rings. The smallest absolute Gasteiger partial charge is 0.340 e. The lowest BCUT2D eigenvalue weighted by Crippen LogP contribution is -2.51. The summed E-state index contributed by atoms with van der Waals surface area (Å²) in [5, 5.41) is 5.55. The van der Waals surface area contributed by atoms with Crippen molar-refractivity contribution in [3.63, 3.8) is 0 Å². The normalized spacial score (nSPS) is 20.1. The number of carbonyl (C=O) groups excluding carboxylic acids is 1. The fraction of sp³-hybridized carbons (Fsp3) is 0.419. The molecule has 4 aromatic rings. The number of benzene rings is 2. The van der Waals surface area contributed by atoms with Gasteiger partial charge in [-0.05, 0) is 87.9 Å². The minimum atomic E-state index is -0.465. The highest BCUT2D eigenvalue weighted by atomic mass is 35.5. The third kappa shape index (κ3) is 4.54. The molecular formula is C31H33ClN2O4. The van der Waals surface area contributed by atoms with Crippen molar-refractivity contribution in [2.45, 2.75) is 58.4 Å². The Hall–Kier alpha value is -3.09. The molecule has 2 aromatic carbocycles. The summed E-state index contributed by atoms with van der Waals surface area (Å²) in [6, 6.07) is 10.2. The van der Waals surface area contributed by atoms with E-state index in [-0.39, 0.29) is 12.3 Å². The van der Waals surface area contributed by atoms with E-state index in [9.17, 15) is 9.59 Å².